The van der Waals surface area contributed by atoms with E-state index in [1.54, 1.807) is 25.1 Å². The molecule has 2 heterocycles. The Bertz CT molecular complexity index is 874. The van der Waals surface area contributed by atoms with Gasteiger partial charge in [0.2, 0.25) is 0 Å². The van der Waals surface area contributed by atoms with Crippen LogP contribution in [0.1, 0.15) is 30.9 Å². The molecule has 0 saturated heterocycles. The molecule has 3 rings (SSSR count). The van der Waals surface area contributed by atoms with Crippen LogP contribution in [-0.2, 0) is 0 Å². The highest BCUT2D eigenvalue weighted by molar-refractivity contribution is 6.42. The second-order valence-corrected chi connectivity index (χ2v) is 5.69. The maximum Gasteiger partial charge on any atom is 0.316 e. The summed E-state index contributed by atoms with van der Waals surface area (Å²) >= 11 is 12.1. The van der Waals surface area contributed by atoms with Crippen molar-refractivity contribution in [3.8, 4) is 17.5 Å². The molecule has 1 atom stereocenters. The summed E-state index contributed by atoms with van der Waals surface area (Å²) in [7, 11) is 0. The zero-order valence-corrected chi connectivity index (χ0v) is 14.2. The molecule has 0 amide bonds. The second-order valence-electron chi connectivity index (χ2n) is 4.90. The first kappa shape index (κ1) is 17.5. The summed E-state index contributed by atoms with van der Waals surface area (Å²) in [5.41, 5.74) is 0.973. The van der Waals surface area contributed by atoms with Gasteiger partial charge in [-0.3, -0.25) is 0 Å². The summed E-state index contributed by atoms with van der Waals surface area (Å²) in [6.07, 6.45) is -0.631. The Morgan fingerprint density at radius 3 is 2.48 bits per heavy atom. The van der Waals surface area contributed by atoms with E-state index in [-0.39, 0.29) is 11.9 Å². The van der Waals surface area contributed by atoms with Crippen molar-refractivity contribution in [2.75, 3.05) is 0 Å². The normalized spacial score (nSPS) is 12.4. The molecule has 0 N–H and O–H groups in total. The van der Waals surface area contributed by atoms with E-state index in [1.807, 2.05) is 0 Å². The molecule has 130 valence electrons. The third-order valence-electron chi connectivity index (χ3n) is 3.20. The van der Waals surface area contributed by atoms with Crippen LogP contribution >= 0.6 is 23.2 Å². The van der Waals surface area contributed by atoms with E-state index in [4.69, 9.17) is 32.4 Å². The van der Waals surface area contributed by atoms with Crippen LogP contribution in [-0.4, -0.2) is 20.2 Å². The van der Waals surface area contributed by atoms with E-state index in [0.717, 1.165) is 0 Å². The Labute approximate surface area is 150 Å². The first-order valence-corrected chi connectivity index (χ1v) is 7.76. The lowest BCUT2D eigenvalue weighted by Crippen LogP contribution is -2.06. The molecule has 10 heteroatoms. The number of alkyl halides is 2. The van der Waals surface area contributed by atoms with Crippen LogP contribution in [0.25, 0.3) is 11.5 Å². The summed E-state index contributed by atoms with van der Waals surface area (Å²) in [4.78, 5) is 8.00. The van der Waals surface area contributed by atoms with Gasteiger partial charge >= 0.3 is 12.4 Å². The molecule has 0 aliphatic carbocycles. The fraction of sp³-hybridized carbons (Fsp3) is 0.200. The number of nitrogens with zero attached hydrogens (tertiary/aromatic N) is 4. The van der Waals surface area contributed by atoms with Gasteiger partial charge in [0.05, 0.1) is 15.6 Å². The van der Waals surface area contributed by atoms with Gasteiger partial charge in [-0.05, 0) is 13.0 Å². The van der Waals surface area contributed by atoms with Crippen molar-refractivity contribution < 1.29 is 17.9 Å². The van der Waals surface area contributed by atoms with E-state index < -0.39 is 18.4 Å². The maximum atomic E-state index is 12.5. The first-order chi connectivity index (χ1) is 12.0. The lowest BCUT2D eigenvalue weighted by atomic mass is 10.1. The van der Waals surface area contributed by atoms with Gasteiger partial charge in [-0.25, -0.2) is 9.97 Å². The Morgan fingerprint density at radius 1 is 1.12 bits per heavy atom. The van der Waals surface area contributed by atoms with Crippen LogP contribution in [0.5, 0.6) is 6.01 Å². The molecule has 0 bridgehead atoms. The minimum atomic E-state index is -2.84. The third kappa shape index (κ3) is 3.85. The quantitative estimate of drug-likeness (QED) is 0.619. The van der Waals surface area contributed by atoms with Gasteiger partial charge in [-0.2, -0.15) is 8.78 Å². The molecule has 6 nitrogen and oxygen atoms in total. The average molecular weight is 387 g/mol. The minimum absolute atomic E-state index is 0.0703. The van der Waals surface area contributed by atoms with Gasteiger partial charge in [0.1, 0.15) is 6.10 Å². The number of aromatic nitrogens is 4. The predicted molar refractivity (Wildman–Crippen MR) is 85.8 cm³/mol. The molecular weight excluding hydrogens is 377 g/mol. The predicted octanol–water partition coefficient (Wildman–Crippen LogP) is 4.91. The zero-order chi connectivity index (χ0) is 18.0. The van der Waals surface area contributed by atoms with Gasteiger partial charge in [-0.1, -0.05) is 35.3 Å². The summed E-state index contributed by atoms with van der Waals surface area (Å²) in [5, 5.41) is 7.56. The number of hydrogen-bond acceptors (Lipinski definition) is 6. The van der Waals surface area contributed by atoms with Crippen LogP contribution in [0.15, 0.2) is 35.0 Å². The monoisotopic (exact) mass is 386 g/mol. The molecule has 0 radical (unpaired) electrons. The molecule has 25 heavy (non-hydrogen) atoms. The van der Waals surface area contributed by atoms with Crippen LogP contribution in [0.3, 0.4) is 0 Å². The zero-order valence-electron chi connectivity index (χ0n) is 12.7. The van der Waals surface area contributed by atoms with E-state index in [9.17, 15) is 8.78 Å². The first-order valence-electron chi connectivity index (χ1n) is 7.00. The Kier molecular flexibility index (Phi) is 5.10. The molecule has 2 aromatic heterocycles. The fourth-order valence-electron chi connectivity index (χ4n) is 1.98. The Hall–Kier alpha value is -2.32. The van der Waals surface area contributed by atoms with E-state index in [1.165, 1.54) is 12.4 Å². The summed E-state index contributed by atoms with van der Waals surface area (Å²) < 4.78 is 35.4. The highest BCUT2D eigenvalue weighted by atomic mass is 35.5. The number of ether oxygens (including phenoxy) is 1. The smallest absolute Gasteiger partial charge is 0.316 e. The van der Waals surface area contributed by atoms with Crippen molar-refractivity contribution in [3.05, 3.63) is 52.1 Å². The minimum Gasteiger partial charge on any atom is -0.456 e. The van der Waals surface area contributed by atoms with Crippen LogP contribution in [0, 0.1) is 0 Å². The summed E-state index contributed by atoms with van der Waals surface area (Å²) in [6.45, 7) is 1.77. The van der Waals surface area contributed by atoms with Gasteiger partial charge in [0.15, 0.2) is 0 Å². The fourth-order valence-corrected chi connectivity index (χ4v) is 2.44. The number of halogens is 4. The molecule has 0 saturated carbocycles. The van der Waals surface area contributed by atoms with E-state index in [2.05, 4.69) is 20.2 Å². The maximum absolute atomic E-state index is 12.5. The van der Waals surface area contributed by atoms with Crippen LogP contribution in [0.4, 0.5) is 8.78 Å². The molecular formula is C15H10Cl2F2N4O2. The largest absolute Gasteiger partial charge is 0.456 e. The summed E-state index contributed by atoms with van der Waals surface area (Å²) in [5.74, 6) is -0.868. The van der Waals surface area contributed by atoms with Crippen molar-refractivity contribution in [2.45, 2.75) is 19.5 Å². The van der Waals surface area contributed by atoms with E-state index in [0.29, 0.717) is 21.2 Å². The molecule has 0 aliphatic rings. The third-order valence-corrected chi connectivity index (χ3v) is 4.04. The lowest BCUT2D eigenvalue weighted by molar-refractivity contribution is 0.116. The molecule has 0 fully saturated rings. The SMILES string of the molecule is CC(Oc1ncc(-c2nnc(C(F)F)o2)cn1)c1cccc(Cl)c1Cl. The van der Waals surface area contributed by atoms with E-state index >= 15 is 0 Å². The molecule has 1 unspecified atom stereocenters. The van der Waals surface area contributed by atoms with Crippen molar-refractivity contribution in [1.29, 1.82) is 0 Å². The number of hydrogen-bond donors (Lipinski definition) is 0. The van der Waals surface area contributed by atoms with Crippen molar-refractivity contribution >= 4 is 23.2 Å². The Balaban J connectivity index is 1.75. The highest BCUT2D eigenvalue weighted by Crippen LogP contribution is 2.31. The number of benzene rings is 1. The second kappa shape index (κ2) is 7.28. The Morgan fingerprint density at radius 2 is 1.84 bits per heavy atom. The lowest BCUT2D eigenvalue weighted by Gasteiger charge is -2.15. The van der Waals surface area contributed by atoms with Gasteiger partial charge in [-0.15, -0.1) is 10.2 Å². The molecule has 0 aliphatic heterocycles. The summed E-state index contributed by atoms with van der Waals surface area (Å²) in [6, 6.07) is 5.27. The highest BCUT2D eigenvalue weighted by Gasteiger charge is 2.18. The van der Waals surface area contributed by atoms with Crippen molar-refractivity contribution in [3.63, 3.8) is 0 Å². The van der Waals surface area contributed by atoms with Gasteiger partial charge in [0, 0.05) is 18.0 Å². The van der Waals surface area contributed by atoms with Crippen molar-refractivity contribution in [1.82, 2.24) is 20.2 Å². The molecule has 1 aromatic carbocycles. The van der Waals surface area contributed by atoms with Gasteiger partial charge < -0.3 is 9.15 Å². The number of rotatable bonds is 5. The molecule has 3 aromatic rings. The standard InChI is InChI=1S/C15H10Cl2F2N4O2/c1-7(9-3-2-4-10(16)11(9)17)24-15-20-5-8(6-21-15)13-22-23-14(25-13)12(18)19/h2-7,12H,1H3. The van der Waals surface area contributed by atoms with Crippen molar-refractivity contribution in [2.24, 2.45) is 0 Å². The van der Waals surface area contributed by atoms with Gasteiger partial charge in [0.25, 0.3) is 11.8 Å². The van der Waals surface area contributed by atoms with Crippen LogP contribution in [0.2, 0.25) is 10.0 Å². The van der Waals surface area contributed by atoms with Crippen LogP contribution < -0.4 is 4.74 Å². The average Bonchev–Trinajstić information content (AvgIpc) is 3.08. The topological polar surface area (TPSA) is 73.9 Å². The molecule has 0 spiro atoms.